The van der Waals surface area contributed by atoms with Crippen LogP contribution in [0.5, 0.6) is 5.75 Å². The standard InChI is InChI=1S/C25H27ClN4O3/c26-17-1-4-21-20(14-17)25(23(31)28-21)6-9-29(10-7-25)11-12-33-18-2-3-19-16(13-18)5-8-30-22(19)15-27-24(30)32/h1-4,13-14,22H,5-12,15H2,(H,27,32)(H,28,31)/t22-/m0/s1. The minimum atomic E-state index is -0.458. The molecule has 3 amide bonds. The summed E-state index contributed by atoms with van der Waals surface area (Å²) in [6.07, 6.45) is 2.43. The summed E-state index contributed by atoms with van der Waals surface area (Å²) in [4.78, 5) is 29.0. The van der Waals surface area contributed by atoms with Gasteiger partial charge < -0.3 is 20.3 Å². The Morgan fingerprint density at radius 2 is 1.94 bits per heavy atom. The molecule has 4 aliphatic heterocycles. The topological polar surface area (TPSA) is 73.9 Å². The monoisotopic (exact) mass is 466 g/mol. The van der Waals surface area contributed by atoms with Gasteiger partial charge in [0, 0.05) is 30.3 Å². The summed E-state index contributed by atoms with van der Waals surface area (Å²) in [7, 11) is 0. The van der Waals surface area contributed by atoms with Crippen LogP contribution in [-0.4, -0.2) is 61.1 Å². The van der Waals surface area contributed by atoms with E-state index in [1.807, 2.05) is 29.2 Å². The molecule has 1 atom stereocenters. The maximum Gasteiger partial charge on any atom is 0.318 e. The lowest BCUT2D eigenvalue weighted by molar-refractivity contribution is -0.122. The number of anilines is 1. The third-order valence-electron chi connectivity index (χ3n) is 7.75. The molecule has 2 saturated heterocycles. The molecular formula is C25H27ClN4O3. The minimum Gasteiger partial charge on any atom is -0.492 e. The molecule has 1 spiro atoms. The average molecular weight is 467 g/mol. The smallest absolute Gasteiger partial charge is 0.318 e. The molecule has 2 N–H and O–H groups in total. The summed E-state index contributed by atoms with van der Waals surface area (Å²) >= 11 is 6.22. The van der Waals surface area contributed by atoms with Gasteiger partial charge in [-0.2, -0.15) is 0 Å². The largest absolute Gasteiger partial charge is 0.492 e. The van der Waals surface area contributed by atoms with E-state index in [1.165, 1.54) is 11.1 Å². The summed E-state index contributed by atoms with van der Waals surface area (Å²) < 4.78 is 6.08. The Bertz CT molecular complexity index is 1130. The van der Waals surface area contributed by atoms with Crippen LogP contribution in [0.3, 0.4) is 0 Å². The lowest BCUT2D eigenvalue weighted by Gasteiger charge is -2.38. The average Bonchev–Trinajstić information content (AvgIpc) is 3.33. The number of halogens is 1. The van der Waals surface area contributed by atoms with E-state index in [0.29, 0.717) is 18.2 Å². The van der Waals surface area contributed by atoms with Crippen LogP contribution >= 0.6 is 11.6 Å². The van der Waals surface area contributed by atoms with Gasteiger partial charge in [-0.3, -0.25) is 9.69 Å². The molecular weight excluding hydrogens is 440 g/mol. The van der Waals surface area contributed by atoms with Gasteiger partial charge in [-0.05, 0) is 79.4 Å². The molecule has 0 saturated carbocycles. The molecule has 172 valence electrons. The lowest BCUT2D eigenvalue weighted by Crippen LogP contribution is -2.47. The normalized spacial score (nSPS) is 23.1. The highest BCUT2D eigenvalue weighted by Gasteiger charge is 2.48. The van der Waals surface area contributed by atoms with Gasteiger partial charge in [0.25, 0.3) is 0 Å². The number of carbonyl (C=O) groups excluding carboxylic acids is 2. The number of ether oxygens (including phenoxy) is 1. The van der Waals surface area contributed by atoms with Crippen molar-refractivity contribution >= 4 is 29.2 Å². The van der Waals surface area contributed by atoms with Gasteiger partial charge in [-0.1, -0.05) is 17.7 Å². The van der Waals surface area contributed by atoms with Gasteiger partial charge in [-0.25, -0.2) is 4.79 Å². The molecule has 0 unspecified atom stereocenters. The van der Waals surface area contributed by atoms with Crippen molar-refractivity contribution in [3.05, 3.63) is 58.1 Å². The molecule has 0 radical (unpaired) electrons. The number of hydrogen-bond donors (Lipinski definition) is 2. The van der Waals surface area contributed by atoms with Gasteiger partial charge >= 0.3 is 6.03 Å². The van der Waals surface area contributed by atoms with E-state index in [0.717, 1.165) is 62.4 Å². The van der Waals surface area contributed by atoms with Crippen molar-refractivity contribution in [1.82, 2.24) is 15.1 Å². The summed E-state index contributed by atoms with van der Waals surface area (Å²) in [5.74, 6) is 0.981. The quantitative estimate of drug-likeness (QED) is 0.725. The molecule has 33 heavy (non-hydrogen) atoms. The van der Waals surface area contributed by atoms with Crippen molar-refractivity contribution in [1.29, 1.82) is 0 Å². The second-order valence-corrected chi connectivity index (χ2v) is 9.86. The van der Waals surface area contributed by atoms with E-state index in [4.69, 9.17) is 16.3 Å². The lowest BCUT2D eigenvalue weighted by atomic mass is 9.73. The number of benzene rings is 2. The first-order valence-electron chi connectivity index (χ1n) is 11.7. The molecule has 0 aromatic heterocycles. The van der Waals surface area contributed by atoms with E-state index in [-0.39, 0.29) is 18.0 Å². The summed E-state index contributed by atoms with van der Waals surface area (Å²) in [5, 5.41) is 6.65. The van der Waals surface area contributed by atoms with Crippen LogP contribution < -0.4 is 15.4 Å². The zero-order valence-corrected chi connectivity index (χ0v) is 19.2. The molecule has 4 aliphatic rings. The van der Waals surface area contributed by atoms with E-state index in [9.17, 15) is 9.59 Å². The van der Waals surface area contributed by atoms with Crippen LogP contribution in [-0.2, 0) is 16.6 Å². The third kappa shape index (κ3) is 3.45. The highest BCUT2D eigenvalue weighted by Crippen LogP contribution is 2.45. The zero-order chi connectivity index (χ0) is 22.6. The number of fused-ring (bicyclic) bond motifs is 5. The van der Waals surface area contributed by atoms with Gasteiger partial charge in [0.05, 0.1) is 11.5 Å². The van der Waals surface area contributed by atoms with Gasteiger partial charge in [0.15, 0.2) is 0 Å². The fraction of sp³-hybridized carbons (Fsp3) is 0.440. The fourth-order valence-corrected chi connectivity index (χ4v) is 6.03. The highest BCUT2D eigenvalue weighted by molar-refractivity contribution is 6.31. The predicted molar refractivity (Wildman–Crippen MR) is 126 cm³/mol. The Morgan fingerprint density at radius 3 is 2.79 bits per heavy atom. The predicted octanol–water partition coefficient (Wildman–Crippen LogP) is 3.33. The summed E-state index contributed by atoms with van der Waals surface area (Å²) in [5.41, 5.74) is 3.98. The SMILES string of the molecule is O=C1NC[C@H]2c3ccc(OCCN4CCC5(CC4)C(=O)Nc4ccc(Cl)cc45)cc3CCN12. The Labute approximate surface area is 198 Å². The Morgan fingerprint density at radius 1 is 1.09 bits per heavy atom. The van der Waals surface area contributed by atoms with Crippen LogP contribution in [0.25, 0.3) is 0 Å². The third-order valence-corrected chi connectivity index (χ3v) is 7.98. The number of rotatable bonds is 4. The van der Waals surface area contributed by atoms with E-state index < -0.39 is 5.41 Å². The minimum absolute atomic E-state index is 0.0379. The molecule has 7 nitrogen and oxygen atoms in total. The zero-order valence-electron chi connectivity index (χ0n) is 18.4. The maximum absolute atomic E-state index is 12.8. The fourth-order valence-electron chi connectivity index (χ4n) is 5.86. The Hall–Kier alpha value is -2.77. The van der Waals surface area contributed by atoms with Crippen LogP contribution in [0, 0.1) is 0 Å². The van der Waals surface area contributed by atoms with Crippen molar-refractivity contribution < 1.29 is 14.3 Å². The Balaban J connectivity index is 1.05. The first kappa shape index (κ1) is 20.8. The molecule has 0 bridgehead atoms. The molecule has 6 rings (SSSR count). The van der Waals surface area contributed by atoms with E-state index >= 15 is 0 Å². The number of amides is 3. The number of hydrogen-bond acceptors (Lipinski definition) is 4. The van der Waals surface area contributed by atoms with Crippen LogP contribution in [0.15, 0.2) is 36.4 Å². The molecule has 0 aliphatic carbocycles. The summed E-state index contributed by atoms with van der Waals surface area (Å²) in [6, 6.07) is 12.1. The number of nitrogens with one attached hydrogen (secondary N) is 2. The van der Waals surface area contributed by atoms with E-state index in [1.54, 1.807) is 0 Å². The second kappa shape index (κ2) is 7.92. The number of urea groups is 1. The number of likely N-dealkylation sites (tertiary alicyclic amines) is 1. The van der Waals surface area contributed by atoms with Crippen LogP contribution in [0.1, 0.15) is 35.6 Å². The molecule has 2 fully saturated rings. The van der Waals surface area contributed by atoms with Crippen LogP contribution in [0.2, 0.25) is 5.02 Å². The number of nitrogens with zero attached hydrogens (tertiary/aromatic N) is 2. The van der Waals surface area contributed by atoms with Crippen molar-refractivity contribution in [2.45, 2.75) is 30.7 Å². The van der Waals surface area contributed by atoms with Crippen LogP contribution in [0.4, 0.5) is 10.5 Å². The van der Waals surface area contributed by atoms with Crippen molar-refractivity contribution in [3.8, 4) is 5.75 Å². The first-order chi connectivity index (χ1) is 16.0. The molecule has 2 aromatic rings. The first-order valence-corrected chi connectivity index (χ1v) is 12.1. The molecule has 8 heteroatoms. The van der Waals surface area contributed by atoms with Gasteiger partial charge in [0.1, 0.15) is 12.4 Å². The number of piperidine rings is 1. The Kier molecular flexibility index (Phi) is 4.99. The summed E-state index contributed by atoms with van der Waals surface area (Å²) in [6.45, 7) is 4.57. The molecule has 4 heterocycles. The van der Waals surface area contributed by atoms with Gasteiger partial charge in [0.2, 0.25) is 5.91 Å². The van der Waals surface area contributed by atoms with Crippen molar-refractivity contribution in [3.63, 3.8) is 0 Å². The van der Waals surface area contributed by atoms with E-state index in [2.05, 4.69) is 27.7 Å². The highest BCUT2D eigenvalue weighted by atomic mass is 35.5. The second-order valence-electron chi connectivity index (χ2n) is 9.42. The van der Waals surface area contributed by atoms with Crippen molar-refractivity contribution in [2.75, 3.05) is 44.6 Å². The van der Waals surface area contributed by atoms with Crippen molar-refractivity contribution in [2.24, 2.45) is 0 Å². The van der Waals surface area contributed by atoms with Gasteiger partial charge in [-0.15, -0.1) is 0 Å². The number of carbonyl (C=O) groups is 2. The maximum atomic E-state index is 12.8. The molecule has 2 aromatic carbocycles.